The molecule has 0 aliphatic rings. The highest BCUT2D eigenvalue weighted by Crippen LogP contribution is 2.15. The number of halogens is 2. The zero-order chi connectivity index (χ0) is 11.7. The van der Waals surface area contributed by atoms with Gasteiger partial charge in [0.1, 0.15) is 5.02 Å². The molecule has 2 aromatic heterocycles. The normalized spacial score (nSPS) is 10.6. The Bertz CT molecular complexity index is 580. The Morgan fingerprint density at radius 3 is 2.88 bits per heavy atom. The summed E-state index contributed by atoms with van der Waals surface area (Å²) in [6, 6.07) is 0. The lowest BCUT2D eigenvalue weighted by molar-refractivity contribution is 0.631. The van der Waals surface area contributed by atoms with Crippen LogP contribution in [0.15, 0.2) is 16.4 Å². The van der Waals surface area contributed by atoms with Crippen molar-refractivity contribution in [3.63, 3.8) is 0 Å². The van der Waals surface area contributed by atoms with Crippen molar-refractivity contribution in [2.75, 3.05) is 5.73 Å². The first-order valence-electron chi connectivity index (χ1n) is 4.19. The molecule has 0 bridgehead atoms. The van der Waals surface area contributed by atoms with E-state index in [1.54, 1.807) is 5.38 Å². The first-order chi connectivity index (χ1) is 7.58. The average Bonchev–Trinajstić information content (AvgIpc) is 2.65. The Morgan fingerprint density at radius 2 is 2.25 bits per heavy atom. The summed E-state index contributed by atoms with van der Waals surface area (Å²) in [6.45, 7) is 0.226. The zero-order valence-corrected chi connectivity index (χ0v) is 10.2. The van der Waals surface area contributed by atoms with E-state index >= 15 is 0 Å². The van der Waals surface area contributed by atoms with Crippen molar-refractivity contribution in [2.24, 2.45) is 0 Å². The van der Waals surface area contributed by atoms with Crippen LogP contribution in [-0.2, 0) is 6.54 Å². The molecule has 0 saturated heterocycles. The number of anilines is 1. The molecule has 5 nitrogen and oxygen atoms in total. The summed E-state index contributed by atoms with van der Waals surface area (Å²) in [6.07, 6.45) is 1.32. The SMILES string of the molecule is Nc1nc(Cn2ncc(Cl)c(Cl)c2=O)cs1. The highest BCUT2D eigenvalue weighted by molar-refractivity contribution is 7.13. The minimum absolute atomic E-state index is 0.0418. The Hall–Kier alpha value is -1.11. The van der Waals surface area contributed by atoms with Crippen molar-refractivity contribution >= 4 is 39.7 Å². The van der Waals surface area contributed by atoms with Crippen molar-refractivity contribution in [3.8, 4) is 0 Å². The van der Waals surface area contributed by atoms with E-state index in [9.17, 15) is 4.79 Å². The minimum atomic E-state index is -0.444. The number of hydrogen-bond donors (Lipinski definition) is 1. The number of rotatable bonds is 2. The number of aromatic nitrogens is 3. The standard InChI is InChI=1S/C8H6Cl2N4OS/c9-5-1-12-14(7(15)6(5)10)2-4-3-16-8(11)13-4/h1,3H,2H2,(H2,11,13). The molecule has 0 radical (unpaired) electrons. The molecule has 84 valence electrons. The molecular weight excluding hydrogens is 271 g/mol. The first-order valence-corrected chi connectivity index (χ1v) is 5.82. The van der Waals surface area contributed by atoms with Crippen molar-refractivity contribution in [1.29, 1.82) is 0 Å². The van der Waals surface area contributed by atoms with Crippen molar-refractivity contribution in [2.45, 2.75) is 6.54 Å². The number of hydrogen-bond acceptors (Lipinski definition) is 5. The van der Waals surface area contributed by atoms with E-state index in [2.05, 4.69) is 10.1 Å². The van der Waals surface area contributed by atoms with E-state index in [4.69, 9.17) is 28.9 Å². The van der Waals surface area contributed by atoms with E-state index in [0.717, 1.165) is 0 Å². The largest absolute Gasteiger partial charge is 0.375 e. The summed E-state index contributed by atoms with van der Waals surface area (Å²) in [4.78, 5) is 15.6. The molecule has 0 fully saturated rings. The molecule has 2 N–H and O–H groups in total. The number of nitrogen functional groups attached to an aromatic ring is 1. The fraction of sp³-hybridized carbons (Fsp3) is 0.125. The molecule has 0 aliphatic carbocycles. The highest BCUT2D eigenvalue weighted by Gasteiger charge is 2.08. The Balaban J connectivity index is 2.36. The van der Waals surface area contributed by atoms with Gasteiger partial charge in [-0.1, -0.05) is 23.2 Å². The van der Waals surface area contributed by atoms with Gasteiger partial charge in [-0.2, -0.15) is 5.10 Å². The second-order valence-corrected chi connectivity index (χ2v) is 4.62. The van der Waals surface area contributed by atoms with Crippen LogP contribution in [0, 0.1) is 0 Å². The molecule has 2 heterocycles. The van der Waals surface area contributed by atoms with Gasteiger partial charge in [0, 0.05) is 5.38 Å². The van der Waals surface area contributed by atoms with Crippen LogP contribution < -0.4 is 11.3 Å². The molecule has 0 atom stereocenters. The number of thiazole rings is 1. The molecule has 0 aliphatic heterocycles. The summed E-state index contributed by atoms with van der Waals surface area (Å²) in [5.74, 6) is 0. The van der Waals surface area contributed by atoms with Gasteiger partial charge < -0.3 is 5.73 Å². The number of nitrogens with two attached hydrogens (primary N) is 1. The van der Waals surface area contributed by atoms with Crippen LogP contribution in [0.2, 0.25) is 10.0 Å². The van der Waals surface area contributed by atoms with Gasteiger partial charge in [-0.3, -0.25) is 4.79 Å². The van der Waals surface area contributed by atoms with Crippen molar-refractivity contribution < 1.29 is 0 Å². The van der Waals surface area contributed by atoms with Crippen molar-refractivity contribution in [3.05, 3.63) is 37.7 Å². The molecule has 2 rings (SSSR count). The molecule has 0 spiro atoms. The number of nitrogens with zero attached hydrogens (tertiary/aromatic N) is 3. The van der Waals surface area contributed by atoms with Crippen LogP contribution >= 0.6 is 34.5 Å². The molecule has 2 aromatic rings. The van der Waals surface area contributed by atoms with Crippen LogP contribution in [0.25, 0.3) is 0 Å². The molecule has 8 heteroatoms. The fourth-order valence-corrected chi connectivity index (χ4v) is 1.93. The summed E-state index contributed by atoms with van der Waals surface area (Å²) in [7, 11) is 0. The molecule has 0 aromatic carbocycles. The second-order valence-electron chi connectivity index (χ2n) is 2.95. The Morgan fingerprint density at radius 1 is 1.50 bits per heavy atom. The fourth-order valence-electron chi connectivity index (χ4n) is 1.11. The van der Waals surface area contributed by atoms with Gasteiger partial charge in [0.05, 0.1) is 23.5 Å². The second kappa shape index (κ2) is 4.40. The predicted molar refractivity (Wildman–Crippen MR) is 64.1 cm³/mol. The topological polar surface area (TPSA) is 73.8 Å². The van der Waals surface area contributed by atoms with Crippen LogP contribution in [-0.4, -0.2) is 14.8 Å². The smallest absolute Gasteiger partial charge is 0.287 e. The maximum absolute atomic E-state index is 11.6. The van der Waals surface area contributed by atoms with Crippen LogP contribution in [0.5, 0.6) is 0 Å². The molecule has 0 saturated carbocycles. The lowest BCUT2D eigenvalue weighted by Crippen LogP contribution is -2.23. The lowest BCUT2D eigenvalue weighted by atomic mass is 10.5. The van der Waals surface area contributed by atoms with Gasteiger partial charge in [-0.15, -0.1) is 11.3 Å². The van der Waals surface area contributed by atoms with Crippen molar-refractivity contribution in [1.82, 2.24) is 14.8 Å². The maximum atomic E-state index is 11.6. The highest BCUT2D eigenvalue weighted by atomic mass is 35.5. The van der Waals surface area contributed by atoms with Gasteiger partial charge in [-0.05, 0) is 0 Å². The van der Waals surface area contributed by atoms with E-state index < -0.39 is 5.56 Å². The molecule has 16 heavy (non-hydrogen) atoms. The van der Waals surface area contributed by atoms with E-state index in [1.165, 1.54) is 22.2 Å². The van der Waals surface area contributed by atoms with Gasteiger partial charge in [0.2, 0.25) is 0 Å². The van der Waals surface area contributed by atoms with Gasteiger partial charge in [0.15, 0.2) is 5.13 Å². The third-order valence-corrected chi connectivity index (χ3v) is 3.29. The minimum Gasteiger partial charge on any atom is -0.375 e. The first kappa shape index (κ1) is 11.4. The molecule has 0 unspecified atom stereocenters. The van der Waals surface area contributed by atoms with Crippen LogP contribution in [0.1, 0.15) is 5.69 Å². The summed E-state index contributed by atoms with van der Waals surface area (Å²) < 4.78 is 1.18. The van der Waals surface area contributed by atoms with Crippen LogP contribution in [0.3, 0.4) is 0 Å². The third-order valence-electron chi connectivity index (χ3n) is 1.82. The Labute approximate surface area is 104 Å². The predicted octanol–water partition coefficient (Wildman–Crippen LogP) is 1.64. The van der Waals surface area contributed by atoms with Gasteiger partial charge in [-0.25, -0.2) is 9.67 Å². The van der Waals surface area contributed by atoms with Gasteiger partial charge >= 0.3 is 0 Å². The monoisotopic (exact) mass is 276 g/mol. The van der Waals surface area contributed by atoms with E-state index in [0.29, 0.717) is 10.8 Å². The van der Waals surface area contributed by atoms with Crippen LogP contribution in [0.4, 0.5) is 5.13 Å². The summed E-state index contributed by atoms with van der Waals surface area (Å²) in [5.41, 5.74) is 5.70. The average molecular weight is 277 g/mol. The summed E-state index contributed by atoms with van der Waals surface area (Å²) in [5, 5.41) is 6.16. The zero-order valence-electron chi connectivity index (χ0n) is 7.85. The maximum Gasteiger partial charge on any atom is 0.287 e. The summed E-state index contributed by atoms with van der Waals surface area (Å²) >= 11 is 12.7. The lowest BCUT2D eigenvalue weighted by Gasteiger charge is -2.02. The molecular formula is C8H6Cl2N4OS. The third kappa shape index (κ3) is 2.18. The Kier molecular flexibility index (Phi) is 3.13. The van der Waals surface area contributed by atoms with E-state index in [-0.39, 0.29) is 16.6 Å². The molecule has 0 amide bonds. The van der Waals surface area contributed by atoms with E-state index in [1.807, 2.05) is 0 Å². The van der Waals surface area contributed by atoms with Gasteiger partial charge in [0.25, 0.3) is 5.56 Å². The quantitative estimate of drug-likeness (QED) is 0.905.